The fourth-order valence-electron chi connectivity index (χ4n) is 4.18. The van der Waals surface area contributed by atoms with E-state index in [2.05, 4.69) is 0 Å². The lowest BCUT2D eigenvalue weighted by atomic mass is 9.90. The topological polar surface area (TPSA) is 83.5 Å². The van der Waals surface area contributed by atoms with Gasteiger partial charge in [-0.05, 0) is 53.5 Å². The summed E-state index contributed by atoms with van der Waals surface area (Å²) in [7, 11) is 4.48. The van der Waals surface area contributed by atoms with Crippen molar-refractivity contribution in [2.45, 2.75) is 18.9 Å². The number of hydrogen-bond acceptors (Lipinski definition) is 7. The molecule has 2 heterocycles. The molecule has 1 amide bonds. The molecule has 2 aliphatic heterocycles. The van der Waals surface area contributed by atoms with Crippen LogP contribution in [-0.4, -0.2) is 57.9 Å². The van der Waals surface area contributed by atoms with Crippen molar-refractivity contribution in [2.75, 3.05) is 41.1 Å². The number of benzene rings is 2. The van der Waals surface area contributed by atoms with Crippen molar-refractivity contribution in [3.05, 3.63) is 53.1 Å². The van der Waals surface area contributed by atoms with Gasteiger partial charge < -0.3 is 28.6 Å². The number of rotatable bonds is 6. The van der Waals surface area contributed by atoms with Gasteiger partial charge in [0.2, 0.25) is 5.91 Å². The lowest BCUT2D eigenvalue weighted by molar-refractivity contribution is -0.143. The Labute approximate surface area is 192 Å². The summed E-state index contributed by atoms with van der Waals surface area (Å²) in [5, 5.41) is 0. The molecule has 174 valence electrons. The first-order valence-corrected chi connectivity index (χ1v) is 10.7. The van der Waals surface area contributed by atoms with E-state index < -0.39 is 12.0 Å². The van der Waals surface area contributed by atoms with Crippen LogP contribution >= 0.6 is 0 Å². The monoisotopic (exact) mass is 453 g/mol. The van der Waals surface area contributed by atoms with Crippen molar-refractivity contribution in [1.29, 1.82) is 0 Å². The van der Waals surface area contributed by atoms with E-state index in [1.165, 1.54) is 13.2 Å². The first-order valence-electron chi connectivity index (χ1n) is 10.7. The van der Waals surface area contributed by atoms with Gasteiger partial charge in [-0.25, -0.2) is 0 Å². The van der Waals surface area contributed by atoms with Gasteiger partial charge in [-0.3, -0.25) is 9.59 Å². The SMILES string of the molecule is COC(=O)CC1c2cc(OC)c(OC)cc2CCN1C(=O)/C=C/c1ccc2c(c1)OCCO2. The van der Waals surface area contributed by atoms with E-state index in [1.807, 2.05) is 30.3 Å². The van der Waals surface area contributed by atoms with E-state index in [9.17, 15) is 9.59 Å². The highest BCUT2D eigenvalue weighted by atomic mass is 16.6. The maximum Gasteiger partial charge on any atom is 0.307 e. The molecule has 2 aliphatic rings. The minimum Gasteiger partial charge on any atom is -0.493 e. The van der Waals surface area contributed by atoms with Gasteiger partial charge in [-0.1, -0.05) is 6.07 Å². The molecule has 1 unspecified atom stereocenters. The highest BCUT2D eigenvalue weighted by Gasteiger charge is 2.33. The number of nitrogens with zero attached hydrogens (tertiary/aromatic N) is 1. The van der Waals surface area contributed by atoms with Crippen LogP contribution in [0.15, 0.2) is 36.4 Å². The summed E-state index contributed by atoms with van der Waals surface area (Å²) < 4.78 is 26.9. The zero-order valence-corrected chi connectivity index (χ0v) is 19.0. The van der Waals surface area contributed by atoms with Crippen LogP contribution in [0.5, 0.6) is 23.0 Å². The van der Waals surface area contributed by atoms with Crippen LogP contribution in [0.2, 0.25) is 0 Å². The Morgan fingerprint density at radius 2 is 1.76 bits per heavy atom. The number of ether oxygens (including phenoxy) is 5. The van der Waals surface area contributed by atoms with Crippen LogP contribution in [0, 0.1) is 0 Å². The molecule has 0 N–H and O–H groups in total. The molecule has 0 saturated heterocycles. The number of amides is 1. The molecule has 8 heteroatoms. The van der Waals surface area contributed by atoms with Crippen LogP contribution in [0.4, 0.5) is 0 Å². The smallest absolute Gasteiger partial charge is 0.307 e. The summed E-state index contributed by atoms with van der Waals surface area (Å²) in [5.41, 5.74) is 2.69. The average molecular weight is 453 g/mol. The summed E-state index contributed by atoms with van der Waals surface area (Å²) in [6.07, 6.45) is 3.93. The molecule has 1 atom stereocenters. The zero-order chi connectivity index (χ0) is 23.4. The number of fused-ring (bicyclic) bond motifs is 2. The molecule has 0 bridgehead atoms. The van der Waals surface area contributed by atoms with Gasteiger partial charge in [0, 0.05) is 12.6 Å². The molecule has 2 aromatic rings. The second kappa shape index (κ2) is 9.85. The van der Waals surface area contributed by atoms with E-state index in [4.69, 9.17) is 23.7 Å². The second-order valence-electron chi connectivity index (χ2n) is 7.72. The second-order valence-corrected chi connectivity index (χ2v) is 7.72. The van der Waals surface area contributed by atoms with Crippen molar-refractivity contribution in [1.82, 2.24) is 4.90 Å². The molecule has 0 saturated carbocycles. The lowest BCUT2D eigenvalue weighted by Crippen LogP contribution is -2.40. The predicted octanol–water partition coefficient (Wildman–Crippen LogP) is 3.18. The largest absolute Gasteiger partial charge is 0.493 e. The van der Waals surface area contributed by atoms with Gasteiger partial charge in [0.05, 0.1) is 33.8 Å². The molecular formula is C25H27NO7. The van der Waals surface area contributed by atoms with E-state index in [0.29, 0.717) is 49.2 Å². The maximum atomic E-state index is 13.2. The summed E-state index contributed by atoms with van der Waals surface area (Å²) >= 11 is 0. The summed E-state index contributed by atoms with van der Waals surface area (Å²) in [5.74, 6) is 1.93. The molecule has 0 fully saturated rings. The summed E-state index contributed by atoms with van der Waals surface area (Å²) in [6, 6.07) is 8.81. The molecular weight excluding hydrogens is 426 g/mol. The van der Waals surface area contributed by atoms with Crippen LogP contribution in [0.3, 0.4) is 0 Å². The normalized spacial score (nSPS) is 16.8. The van der Waals surface area contributed by atoms with Gasteiger partial charge in [-0.2, -0.15) is 0 Å². The van der Waals surface area contributed by atoms with Gasteiger partial charge >= 0.3 is 5.97 Å². The number of carbonyl (C=O) groups is 2. The lowest BCUT2D eigenvalue weighted by Gasteiger charge is -2.36. The van der Waals surface area contributed by atoms with Gasteiger partial charge in [0.15, 0.2) is 23.0 Å². The minimum absolute atomic E-state index is 0.0442. The Hall–Kier alpha value is -3.68. The van der Waals surface area contributed by atoms with E-state index in [1.54, 1.807) is 25.2 Å². The van der Waals surface area contributed by atoms with E-state index in [-0.39, 0.29) is 12.3 Å². The summed E-state index contributed by atoms with van der Waals surface area (Å²) in [6.45, 7) is 1.49. The van der Waals surface area contributed by atoms with Crippen molar-refractivity contribution in [2.24, 2.45) is 0 Å². The molecule has 0 aliphatic carbocycles. The van der Waals surface area contributed by atoms with Gasteiger partial charge in [0.25, 0.3) is 0 Å². The molecule has 0 radical (unpaired) electrons. The highest BCUT2D eigenvalue weighted by Crippen LogP contribution is 2.40. The van der Waals surface area contributed by atoms with Crippen LogP contribution in [0.1, 0.15) is 29.2 Å². The fraction of sp³-hybridized carbons (Fsp3) is 0.360. The van der Waals surface area contributed by atoms with E-state index >= 15 is 0 Å². The molecule has 0 aromatic heterocycles. The average Bonchev–Trinajstić information content (AvgIpc) is 2.86. The Morgan fingerprint density at radius 3 is 2.48 bits per heavy atom. The molecule has 8 nitrogen and oxygen atoms in total. The van der Waals surface area contributed by atoms with Crippen molar-refractivity contribution >= 4 is 18.0 Å². The summed E-state index contributed by atoms with van der Waals surface area (Å²) in [4.78, 5) is 27.1. The van der Waals surface area contributed by atoms with Crippen LogP contribution in [0.25, 0.3) is 6.08 Å². The third-order valence-electron chi connectivity index (χ3n) is 5.86. The van der Waals surface area contributed by atoms with Crippen molar-refractivity contribution in [3.8, 4) is 23.0 Å². The Bertz CT molecular complexity index is 1080. The number of esters is 1. The first kappa shape index (κ1) is 22.5. The standard InChI is InChI=1S/C25H27NO7/c1-29-21-13-17-8-9-26(19(15-25(28)31-3)18(17)14-22(21)30-2)24(27)7-5-16-4-6-20-23(12-16)33-11-10-32-20/h4-7,12-14,19H,8-11,15H2,1-3H3/b7-5+. The zero-order valence-electron chi connectivity index (χ0n) is 19.0. The van der Waals surface area contributed by atoms with Gasteiger partial charge in [0.1, 0.15) is 13.2 Å². The van der Waals surface area contributed by atoms with Crippen LogP contribution < -0.4 is 18.9 Å². The number of hydrogen-bond donors (Lipinski definition) is 0. The minimum atomic E-state index is -0.474. The van der Waals surface area contributed by atoms with Crippen molar-refractivity contribution < 1.29 is 33.3 Å². The fourth-order valence-corrected chi connectivity index (χ4v) is 4.18. The molecule has 4 rings (SSSR count). The highest BCUT2D eigenvalue weighted by molar-refractivity contribution is 5.92. The molecule has 2 aromatic carbocycles. The van der Waals surface area contributed by atoms with Crippen molar-refractivity contribution in [3.63, 3.8) is 0 Å². The third kappa shape index (κ3) is 4.74. The first-order chi connectivity index (χ1) is 16.0. The number of carbonyl (C=O) groups excluding carboxylic acids is 2. The van der Waals surface area contributed by atoms with Gasteiger partial charge in [-0.15, -0.1) is 0 Å². The van der Waals surface area contributed by atoms with Crippen LogP contribution in [-0.2, 0) is 20.7 Å². The Morgan fingerprint density at radius 1 is 1.03 bits per heavy atom. The Balaban J connectivity index is 1.61. The quantitative estimate of drug-likeness (QED) is 0.491. The maximum absolute atomic E-state index is 13.2. The third-order valence-corrected chi connectivity index (χ3v) is 5.86. The van der Waals surface area contributed by atoms with E-state index in [0.717, 1.165) is 16.7 Å². The molecule has 33 heavy (non-hydrogen) atoms. The molecule has 0 spiro atoms. The Kier molecular flexibility index (Phi) is 6.72. The predicted molar refractivity (Wildman–Crippen MR) is 121 cm³/mol. The number of methoxy groups -OCH3 is 3.